The minimum absolute atomic E-state index is 0.0763. The van der Waals surface area contributed by atoms with Crippen molar-refractivity contribution in [3.63, 3.8) is 0 Å². The van der Waals surface area contributed by atoms with Gasteiger partial charge in [0.25, 0.3) is 0 Å². The molecule has 3 rings (SSSR count). The van der Waals surface area contributed by atoms with Crippen LogP contribution in [0, 0.1) is 5.92 Å². The van der Waals surface area contributed by atoms with Crippen LogP contribution in [-0.4, -0.2) is 78.0 Å². The minimum Gasteiger partial charge on any atom is -0.463 e. The van der Waals surface area contributed by atoms with Crippen LogP contribution in [0.5, 0.6) is 0 Å². The molecule has 0 radical (unpaired) electrons. The van der Waals surface area contributed by atoms with Crippen molar-refractivity contribution >= 4 is 17.9 Å². The van der Waals surface area contributed by atoms with Crippen LogP contribution >= 0.6 is 0 Å². The molecule has 0 aromatic heterocycles. The van der Waals surface area contributed by atoms with Crippen molar-refractivity contribution in [2.24, 2.45) is 5.92 Å². The number of hydrogen-bond acceptors (Lipinski definition) is 5. The predicted octanol–water partition coefficient (Wildman–Crippen LogP) is 4.35. The monoisotopic (exact) mass is 550 g/mol. The number of urea groups is 1. The zero-order valence-electron chi connectivity index (χ0n) is 22.9. The Morgan fingerprint density at radius 1 is 1.21 bits per heavy atom. The van der Waals surface area contributed by atoms with Crippen LogP contribution in [0.3, 0.4) is 0 Å². The summed E-state index contributed by atoms with van der Waals surface area (Å²) in [7, 11) is 0. The van der Waals surface area contributed by atoms with E-state index in [2.05, 4.69) is 16.8 Å². The highest BCUT2D eigenvalue weighted by Crippen LogP contribution is 2.35. The lowest BCUT2D eigenvalue weighted by Crippen LogP contribution is -2.56. The van der Waals surface area contributed by atoms with Gasteiger partial charge in [-0.15, -0.1) is 6.58 Å². The van der Waals surface area contributed by atoms with Gasteiger partial charge in [0.05, 0.1) is 23.8 Å². The first-order chi connectivity index (χ1) is 18.4. The molecular formula is C28H37F3N4O4. The number of ether oxygens (including phenoxy) is 1. The number of hydrogen-bond donors (Lipinski definition) is 1. The van der Waals surface area contributed by atoms with Crippen molar-refractivity contribution in [1.29, 1.82) is 0 Å². The van der Waals surface area contributed by atoms with Gasteiger partial charge in [-0.3, -0.25) is 14.6 Å². The average Bonchev–Trinajstić information content (AvgIpc) is 2.85. The fourth-order valence-electron chi connectivity index (χ4n) is 4.99. The molecule has 2 atom stereocenters. The second-order valence-electron chi connectivity index (χ2n) is 10.3. The van der Waals surface area contributed by atoms with Crippen LogP contribution in [0.15, 0.2) is 48.2 Å². The Kier molecular flexibility index (Phi) is 9.82. The summed E-state index contributed by atoms with van der Waals surface area (Å²) in [6.45, 7) is 13.3. The highest BCUT2D eigenvalue weighted by molar-refractivity contribution is 5.95. The van der Waals surface area contributed by atoms with E-state index >= 15 is 0 Å². The number of alkyl halides is 3. The lowest BCUT2D eigenvalue weighted by molar-refractivity contribution is -0.139. The van der Waals surface area contributed by atoms with E-state index in [0.717, 1.165) is 12.1 Å². The third kappa shape index (κ3) is 7.20. The largest absolute Gasteiger partial charge is 0.463 e. The van der Waals surface area contributed by atoms with Gasteiger partial charge < -0.3 is 15.0 Å². The van der Waals surface area contributed by atoms with Gasteiger partial charge in [-0.1, -0.05) is 32.1 Å². The molecule has 3 amide bonds. The topological polar surface area (TPSA) is 82.2 Å². The number of piperazine rings is 1. The Balaban J connectivity index is 1.99. The summed E-state index contributed by atoms with van der Waals surface area (Å²) in [5, 5.41) is 2.76. The molecule has 2 heterocycles. The number of amides is 3. The number of carbonyl (C=O) groups is 3. The number of esters is 1. The van der Waals surface area contributed by atoms with Gasteiger partial charge in [0, 0.05) is 50.9 Å². The van der Waals surface area contributed by atoms with Crippen LogP contribution < -0.4 is 5.32 Å². The third-order valence-electron chi connectivity index (χ3n) is 6.80. The fraction of sp³-hybridized carbons (Fsp3) is 0.536. The van der Waals surface area contributed by atoms with E-state index in [4.69, 9.17) is 4.74 Å². The van der Waals surface area contributed by atoms with Crippen LogP contribution in [0.2, 0.25) is 0 Å². The number of nitrogens with one attached hydrogen (secondary N) is 1. The summed E-state index contributed by atoms with van der Waals surface area (Å²) < 4.78 is 44.8. The molecular weight excluding hydrogens is 513 g/mol. The quantitative estimate of drug-likeness (QED) is 0.365. The summed E-state index contributed by atoms with van der Waals surface area (Å²) in [6.07, 6.45) is -2.52. The molecule has 8 nitrogen and oxygen atoms in total. The number of nitrogens with zero attached hydrogens (tertiary/aromatic N) is 3. The second-order valence-corrected chi connectivity index (χ2v) is 10.3. The maximum absolute atomic E-state index is 13.3. The third-order valence-corrected chi connectivity index (χ3v) is 6.80. The van der Waals surface area contributed by atoms with Gasteiger partial charge in [-0.25, -0.2) is 9.59 Å². The SMILES string of the molecule is C=CCN1C(=O)NC(c2ccc(C(F)(F)F)cc2)C(C(=O)OCC)=C1CN1CCN(C(=O)CC(C)C)C(C)C1. The Bertz CT molecular complexity index is 1100. The summed E-state index contributed by atoms with van der Waals surface area (Å²) in [6, 6.07) is 2.80. The summed E-state index contributed by atoms with van der Waals surface area (Å²) in [4.78, 5) is 44.5. The lowest BCUT2D eigenvalue weighted by atomic mass is 9.93. The normalized spacial score (nSPS) is 20.8. The van der Waals surface area contributed by atoms with E-state index in [1.54, 1.807) is 6.92 Å². The summed E-state index contributed by atoms with van der Waals surface area (Å²) >= 11 is 0. The molecule has 214 valence electrons. The van der Waals surface area contributed by atoms with Crippen LogP contribution in [0.1, 0.15) is 51.3 Å². The smallest absolute Gasteiger partial charge is 0.416 e. The first-order valence-corrected chi connectivity index (χ1v) is 13.1. The molecule has 1 saturated heterocycles. The standard InChI is InChI=1S/C28H37F3N4O4/c1-6-12-35-22(17-33-13-14-34(19(5)16-33)23(36)15-18(3)4)24(26(37)39-7-2)25(32-27(35)38)20-8-10-21(11-9-20)28(29,30)31/h6,8-11,18-19,25H,1,7,12-17H2,2-5H3,(H,32,38). The first-order valence-electron chi connectivity index (χ1n) is 13.1. The lowest BCUT2D eigenvalue weighted by Gasteiger charge is -2.43. The number of carbonyl (C=O) groups excluding carboxylic acids is 3. The van der Waals surface area contributed by atoms with Crippen molar-refractivity contribution in [3.8, 4) is 0 Å². The highest BCUT2D eigenvalue weighted by Gasteiger charge is 2.40. The van der Waals surface area contributed by atoms with Crippen LogP contribution in [0.4, 0.5) is 18.0 Å². The molecule has 1 aromatic rings. The van der Waals surface area contributed by atoms with E-state index < -0.39 is 29.8 Å². The zero-order chi connectivity index (χ0) is 28.9. The molecule has 2 aliphatic heterocycles. The summed E-state index contributed by atoms with van der Waals surface area (Å²) in [5.41, 5.74) is 0.0511. The zero-order valence-corrected chi connectivity index (χ0v) is 22.9. The average molecular weight is 551 g/mol. The molecule has 0 saturated carbocycles. The summed E-state index contributed by atoms with van der Waals surface area (Å²) in [5.74, 6) is -0.322. The van der Waals surface area contributed by atoms with E-state index in [0.29, 0.717) is 37.3 Å². The fourth-order valence-corrected chi connectivity index (χ4v) is 4.99. The van der Waals surface area contributed by atoms with E-state index in [-0.39, 0.29) is 43.1 Å². The Hall–Kier alpha value is -3.34. The Labute approximate surface area is 227 Å². The van der Waals surface area contributed by atoms with Crippen LogP contribution in [-0.2, 0) is 20.5 Å². The highest BCUT2D eigenvalue weighted by atomic mass is 19.4. The molecule has 2 unspecified atom stereocenters. The van der Waals surface area contributed by atoms with Gasteiger partial charge in [0.15, 0.2) is 0 Å². The number of rotatable bonds is 9. The minimum atomic E-state index is -4.52. The predicted molar refractivity (Wildman–Crippen MR) is 140 cm³/mol. The molecule has 39 heavy (non-hydrogen) atoms. The molecule has 1 fully saturated rings. The first kappa shape index (κ1) is 30.2. The molecule has 1 N–H and O–H groups in total. The maximum Gasteiger partial charge on any atom is 0.416 e. The van der Waals surface area contributed by atoms with Crippen LogP contribution in [0.25, 0.3) is 0 Å². The molecule has 11 heteroatoms. The molecule has 2 aliphatic rings. The second kappa shape index (κ2) is 12.7. The number of benzene rings is 1. The van der Waals surface area contributed by atoms with Crippen molar-refractivity contribution < 1.29 is 32.3 Å². The molecule has 0 spiro atoms. The maximum atomic E-state index is 13.3. The van der Waals surface area contributed by atoms with E-state index in [1.165, 1.54) is 23.1 Å². The Morgan fingerprint density at radius 3 is 2.41 bits per heavy atom. The van der Waals surface area contributed by atoms with E-state index in [9.17, 15) is 27.6 Å². The molecule has 1 aromatic carbocycles. The van der Waals surface area contributed by atoms with Gasteiger partial charge >= 0.3 is 18.2 Å². The van der Waals surface area contributed by atoms with Crippen molar-refractivity contribution in [3.05, 3.63) is 59.3 Å². The molecule has 0 bridgehead atoms. The van der Waals surface area contributed by atoms with Gasteiger partial charge in [-0.2, -0.15) is 13.2 Å². The Morgan fingerprint density at radius 2 is 1.87 bits per heavy atom. The molecule has 0 aliphatic carbocycles. The van der Waals surface area contributed by atoms with Crippen molar-refractivity contribution in [2.45, 2.75) is 52.4 Å². The van der Waals surface area contributed by atoms with Gasteiger partial charge in [-0.05, 0) is 37.5 Å². The van der Waals surface area contributed by atoms with Gasteiger partial charge in [0.1, 0.15) is 0 Å². The number of halogens is 3. The van der Waals surface area contributed by atoms with Crippen molar-refractivity contribution in [1.82, 2.24) is 20.0 Å². The van der Waals surface area contributed by atoms with Gasteiger partial charge in [0.2, 0.25) is 5.91 Å². The van der Waals surface area contributed by atoms with E-state index in [1.807, 2.05) is 25.7 Å². The van der Waals surface area contributed by atoms with Crippen molar-refractivity contribution in [2.75, 3.05) is 39.3 Å².